The number of aromatic nitrogens is 2. The lowest BCUT2D eigenvalue weighted by Crippen LogP contribution is -2.43. The Morgan fingerprint density at radius 1 is 1.30 bits per heavy atom. The largest absolute Gasteiger partial charge is 0.476 e. The summed E-state index contributed by atoms with van der Waals surface area (Å²) in [5.41, 5.74) is -2.32. The first kappa shape index (κ1) is 21.4. The van der Waals surface area contributed by atoms with E-state index < -0.39 is 24.8 Å². The van der Waals surface area contributed by atoms with Gasteiger partial charge in [0.05, 0.1) is 12.2 Å². The van der Waals surface area contributed by atoms with E-state index in [0.717, 1.165) is 11.6 Å². The smallest absolute Gasteiger partial charge is 0.399 e. The highest BCUT2D eigenvalue weighted by molar-refractivity contribution is 5.50. The van der Waals surface area contributed by atoms with E-state index in [1.807, 2.05) is 20.8 Å². The highest BCUT2D eigenvalue weighted by Gasteiger charge is 2.51. The number of hydrogen-bond donors (Lipinski definition) is 1. The van der Waals surface area contributed by atoms with E-state index in [0.29, 0.717) is 6.41 Å². The second-order valence-corrected chi connectivity index (χ2v) is 6.06. The summed E-state index contributed by atoms with van der Waals surface area (Å²) < 4.78 is 48.3. The predicted molar refractivity (Wildman–Crippen MR) is 77.9 cm³/mol. The third kappa shape index (κ3) is 7.47. The molecular weight excluding hydrogens is 317 g/mol. The van der Waals surface area contributed by atoms with Gasteiger partial charge in [0.15, 0.2) is 0 Å². The SMILES string of the molecule is CC(CO)(COc1ccn(C=O)n1)C(F)(F)F.COC(C)(C)C. The lowest BCUT2D eigenvalue weighted by molar-refractivity contribution is -0.237. The van der Waals surface area contributed by atoms with Gasteiger partial charge in [-0.1, -0.05) is 0 Å². The second-order valence-electron chi connectivity index (χ2n) is 6.06. The minimum absolute atomic E-state index is 0.0417. The molecule has 9 heteroatoms. The summed E-state index contributed by atoms with van der Waals surface area (Å²) in [6.45, 7) is 5.03. The monoisotopic (exact) mass is 340 g/mol. The molecule has 0 aliphatic heterocycles. The van der Waals surface area contributed by atoms with Crippen LogP contribution in [0.4, 0.5) is 13.2 Å². The van der Waals surface area contributed by atoms with E-state index in [9.17, 15) is 18.0 Å². The molecule has 1 aromatic heterocycles. The maximum absolute atomic E-state index is 12.6. The van der Waals surface area contributed by atoms with Crippen LogP contribution in [0, 0.1) is 5.41 Å². The Labute approximate surface area is 133 Å². The lowest BCUT2D eigenvalue weighted by Gasteiger charge is -2.29. The number of aliphatic hydroxyl groups is 1. The van der Waals surface area contributed by atoms with Crippen molar-refractivity contribution in [2.75, 3.05) is 20.3 Å². The fourth-order valence-corrected chi connectivity index (χ4v) is 0.907. The van der Waals surface area contributed by atoms with Crippen molar-refractivity contribution in [2.24, 2.45) is 5.41 Å². The summed E-state index contributed by atoms with van der Waals surface area (Å²) >= 11 is 0. The molecular formula is C14H23F3N2O4. The van der Waals surface area contributed by atoms with Crippen LogP contribution in [0.25, 0.3) is 0 Å². The zero-order chi connectivity index (χ0) is 18.3. The molecule has 1 heterocycles. The average Bonchev–Trinajstić information content (AvgIpc) is 2.91. The van der Waals surface area contributed by atoms with Crippen molar-refractivity contribution in [3.8, 4) is 5.88 Å². The minimum atomic E-state index is -4.59. The van der Waals surface area contributed by atoms with Gasteiger partial charge in [-0.15, -0.1) is 5.10 Å². The van der Waals surface area contributed by atoms with Crippen LogP contribution >= 0.6 is 0 Å². The summed E-state index contributed by atoms with van der Waals surface area (Å²) in [6, 6.07) is 1.25. The number of rotatable bonds is 5. The first-order valence-corrected chi connectivity index (χ1v) is 6.74. The molecule has 0 amide bonds. The van der Waals surface area contributed by atoms with Crippen molar-refractivity contribution >= 4 is 6.41 Å². The zero-order valence-corrected chi connectivity index (χ0v) is 13.8. The number of hydrogen-bond acceptors (Lipinski definition) is 5. The molecule has 0 aromatic carbocycles. The van der Waals surface area contributed by atoms with Crippen molar-refractivity contribution in [1.82, 2.24) is 9.78 Å². The number of carbonyl (C=O) groups excluding carboxylic acids is 1. The Morgan fingerprint density at radius 2 is 1.83 bits per heavy atom. The van der Waals surface area contributed by atoms with Gasteiger partial charge in [0.25, 0.3) is 0 Å². The van der Waals surface area contributed by atoms with Gasteiger partial charge in [-0.2, -0.15) is 13.2 Å². The summed E-state index contributed by atoms with van der Waals surface area (Å²) in [5.74, 6) is -0.110. The molecule has 0 bridgehead atoms. The Bertz CT molecular complexity index is 483. The minimum Gasteiger partial charge on any atom is -0.476 e. The molecule has 1 aromatic rings. The number of aliphatic hydroxyl groups excluding tert-OH is 1. The highest BCUT2D eigenvalue weighted by atomic mass is 19.4. The summed E-state index contributed by atoms with van der Waals surface area (Å²) in [6.07, 6.45) is -2.97. The van der Waals surface area contributed by atoms with Gasteiger partial charge in [0.1, 0.15) is 12.0 Å². The van der Waals surface area contributed by atoms with E-state index in [1.54, 1.807) is 7.11 Å². The number of methoxy groups -OCH3 is 1. The van der Waals surface area contributed by atoms with E-state index >= 15 is 0 Å². The number of alkyl halides is 3. The van der Waals surface area contributed by atoms with Crippen LogP contribution in [0.15, 0.2) is 12.3 Å². The van der Waals surface area contributed by atoms with E-state index in [-0.39, 0.29) is 11.5 Å². The summed E-state index contributed by atoms with van der Waals surface area (Å²) in [7, 11) is 1.71. The van der Waals surface area contributed by atoms with Crippen LogP contribution in [0.3, 0.4) is 0 Å². The Kier molecular flexibility index (Phi) is 7.72. The van der Waals surface area contributed by atoms with Crippen molar-refractivity contribution in [1.29, 1.82) is 0 Å². The van der Waals surface area contributed by atoms with Crippen molar-refractivity contribution in [3.05, 3.63) is 12.3 Å². The van der Waals surface area contributed by atoms with Gasteiger partial charge in [-0.3, -0.25) is 4.79 Å². The fraction of sp³-hybridized carbons (Fsp3) is 0.714. The molecule has 23 heavy (non-hydrogen) atoms. The Morgan fingerprint density at radius 3 is 2.13 bits per heavy atom. The van der Waals surface area contributed by atoms with Gasteiger partial charge in [0.2, 0.25) is 12.3 Å². The van der Waals surface area contributed by atoms with Crippen LogP contribution < -0.4 is 4.74 Å². The molecule has 0 fully saturated rings. The topological polar surface area (TPSA) is 73.6 Å². The quantitative estimate of drug-likeness (QED) is 0.833. The van der Waals surface area contributed by atoms with Gasteiger partial charge in [-0.25, -0.2) is 4.68 Å². The van der Waals surface area contributed by atoms with Crippen LogP contribution in [0.5, 0.6) is 5.88 Å². The van der Waals surface area contributed by atoms with Gasteiger partial charge in [-0.05, 0) is 27.7 Å². The second kappa shape index (κ2) is 8.30. The molecule has 0 aliphatic carbocycles. The van der Waals surface area contributed by atoms with Crippen molar-refractivity contribution < 1.29 is 32.5 Å². The molecule has 1 unspecified atom stereocenters. The molecule has 134 valence electrons. The number of halogens is 3. The van der Waals surface area contributed by atoms with Crippen molar-refractivity contribution in [2.45, 2.75) is 39.5 Å². The van der Waals surface area contributed by atoms with Gasteiger partial charge >= 0.3 is 6.18 Å². The van der Waals surface area contributed by atoms with Crippen LogP contribution in [-0.4, -0.2) is 53.4 Å². The molecule has 0 aliphatic rings. The molecule has 6 nitrogen and oxygen atoms in total. The molecule has 0 saturated heterocycles. The molecule has 0 saturated carbocycles. The standard InChI is InChI=1S/C9H11F3N2O3.C5H12O/c1-8(4-15,9(10,11)12)5-17-7-2-3-14(6-16)13-7;1-5(2,3)6-4/h2-3,6,15H,4-5H2,1H3;1-4H3. The fourth-order valence-electron chi connectivity index (χ4n) is 0.907. The van der Waals surface area contributed by atoms with Gasteiger partial charge in [0, 0.05) is 19.4 Å². The molecule has 1 atom stereocenters. The summed E-state index contributed by atoms with van der Waals surface area (Å²) in [5, 5.41) is 12.3. The molecule has 0 spiro atoms. The van der Waals surface area contributed by atoms with Crippen LogP contribution in [0.1, 0.15) is 27.7 Å². The lowest BCUT2D eigenvalue weighted by atomic mass is 9.92. The zero-order valence-electron chi connectivity index (χ0n) is 13.8. The van der Waals surface area contributed by atoms with Crippen LogP contribution in [0.2, 0.25) is 0 Å². The highest BCUT2D eigenvalue weighted by Crippen LogP contribution is 2.37. The van der Waals surface area contributed by atoms with E-state index in [1.165, 1.54) is 12.3 Å². The third-order valence-electron chi connectivity index (χ3n) is 2.88. The van der Waals surface area contributed by atoms with E-state index in [4.69, 9.17) is 14.6 Å². The van der Waals surface area contributed by atoms with Crippen molar-refractivity contribution in [3.63, 3.8) is 0 Å². The predicted octanol–water partition coefficient (Wildman–Crippen LogP) is 2.29. The Hall–Kier alpha value is -1.61. The number of ether oxygens (including phenoxy) is 2. The Balaban J connectivity index is 0.000000688. The maximum atomic E-state index is 12.6. The molecule has 1 N–H and O–H groups in total. The molecule has 1 rings (SSSR count). The summed E-state index contributed by atoms with van der Waals surface area (Å²) in [4.78, 5) is 10.3. The maximum Gasteiger partial charge on any atom is 0.399 e. The first-order chi connectivity index (χ1) is 10.4. The van der Waals surface area contributed by atoms with Crippen LogP contribution in [-0.2, 0) is 9.53 Å². The third-order valence-corrected chi connectivity index (χ3v) is 2.88. The number of nitrogens with zero attached hydrogens (tertiary/aromatic N) is 2. The van der Waals surface area contributed by atoms with E-state index in [2.05, 4.69) is 5.10 Å². The first-order valence-electron chi connectivity index (χ1n) is 6.74. The number of carbonyl (C=O) groups is 1. The molecule has 0 radical (unpaired) electrons. The van der Waals surface area contributed by atoms with Gasteiger partial charge < -0.3 is 14.6 Å². The normalized spacial score (nSPS) is 14.5. The average molecular weight is 340 g/mol.